The van der Waals surface area contributed by atoms with E-state index in [1.165, 1.54) is 0 Å². The Balaban J connectivity index is 1.66. The van der Waals surface area contributed by atoms with Gasteiger partial charge in [-0.1, -0.05) is 24.3 Å². The second-order valence-electron chi connectivity index (χ2n) is 7.69. The summed E-state index contributed by atoms with van der Waals surface area (Å²) in [7, 11) is 3.13. The highest BCUT2D eigenvalue weighted by Crippen LogP contribution is 2.37. The molecule has 0 saturated carbocycles. The molecule has 7 heteroatoms. The Hall–Kier alpha value is -3.87. The second-order valence-corrected chi connectivity index (χ2v) is 7.69. The van der Waals surface area contributed by atoms with Crippen molar-refractivity contribution in [2.45, 2.75) is 25.9 Å². The zero-order chi connectivity index (χ0) is 22.7. The predicted molar refractivity (Wildman–Crippen MR) is 121 cm³/mol. The molecule has 7 nitrogen and oxygen atoms in total. The topological polar surface area (TPSA) is 80.8 Å². The summed E-state index contributed by atoms with van der Waals surface area (Å²) in [5.41, 5.74) is 3.40. The number of carbonyl (C=O) groups is 2. The number of pyridine rings is 1. The van der Waals surface area contributed by atoms with Gasteiger partial charge in [0.25, 0.3) is 5.91 Å². The Bertz CT molecular complexity index is 1160. The molecule has 2 heterocycles. The van der Waals surface area contributed by atoms with Gasteiger partial charge in [0.1, 0.15) is 5.82 Å². The number of aryl methyl sites for hydroxylation is 1. The van der Waals surface area contributed by atoms with Gasteiger partial charge in [0, 0.05) is 18.3 Å². The molecule has 164 valence electrons. The van der Waals surface area contributed by atoms with Crippen molar-refractivity contribution < 1.29 is 19.1 Å². The van der Waals surface area contributed by atoms with Crippen LogP contribution in [0.5, 0.6) is 11.5 Å². The highest BCUT2D eigenvalue weighted by Gasteiger charge is 2.35. The minimum atomic E-state index is -0.487. The minimum Gasteiger partial charge on any atom is -0.493 e. The largest absolute Gasteiger partial charge is 0.493 e. The summed E-state index contributed by atoms with van der Waals surface area (Å²) in [5.74, 6) is 1.28. The number of ether oxygens (including phenoxy) is 2. The monoisotopic (exact) mass is 431 g/mol. The predicted octanol–water partition coefficient (Wildman–Crippen LogP) is 4.13. The third-order valence-corrected chi connectivity index (χ3v) is 5.58. The normalized spacial score (nSPS) is 13.5. The average Bonchev–Trinajstić information content (AvgIpc) is 3.13. The third kappa shape index (κ3) is 4.27. The van der Waals surface area contributed by atoms with Gasteiger partial charge in [0.2, 0.25) is 5.91 Å². The molecule has 1 aliphatic rings. The van der Waals surface area contributed by atoms with Gasteiger partial charge in [0.15, 0.2) is 11.5 Å². The van der Waals surface area contributed by atoms with Gasteiger partial charge in [0.05, 0.1) is 26.7 Å². The van der Waals surface area contributed by atoms with Gasteiger partial charge in [-0.3, -0.25) is 9.59 Å². The smallest absolute Gasteiger partial charge is 0.255 e. The van der Waals surface area contributed by atoms with Gasteiger partial charge < -0.3 is 19.7 Å². The van der Waals surface area contributed by atoms with Crippen LogP contribution in [0.25, 0.3) is 0 Å². The Labute approximate surface area is 187 Å². The van der Waals surface area contributed by atoms with Crippen LogP contribution in [0.15, 0.2) is 60.8 Å². The third-order valence-electron chi connectivity index (χ3n) is 5.58. The van der Waals surface area contributed by atoms with Crippen LogP contribution in [0.4, 0.5) is 5.82 Å². The van der Waals surface area contributed by atoms with E-state index in [9.17, 15) is 9.59 Å². The van der Waals surface area contributed by atoms with Gasteiger partial charge >= 0.3 is 0 Å². The van der Waals surface area contributed by atoms with E-state index in [0.717, 1.165) is 16.7 Å². The molecule has 0 radical (unpaired) electrons. The van der Waals surface area contributed by atoms with Crippen LogP contribution in [-0.4, -0.2) is 35.9 Å². The quantitative estimate of drug-likeness (QED) is 0.608. The number of fused-ring (bicyclic) bond motifs is 1. The first-order valence-corrected chi connectivity index (χ1v) is 10.3. The van der Waals surface area contributed by atoms with E-state index in [0.29, 0.717) is 29.4 Å². The van der Waals surface area contributed by atoms with E-state index in [1.807, 2.05) is 49.4 Å². The standard InChI is InChI=1S/C25H25N3O4/c1-16-10-11-26-23(12-16)27-24(29)14-20(17-8-9-21(31-2)22(13-17)32-3)28-15-18-6-4-5-7-19(18)25(28)30/h4-13,20H,14-15H2,1-3H3,(H,26,27,29). The molecule has 1 unspecified atom stereocenters. The fourth-order valence-corrected chi connectivity index (χ4v) is 3.97. The molecule has 0 spiro atoms. The molecule has 1 atom stereocenters. The van der Waals surface area contributed by atoms with Crippen molar-refractivity contribution in [1.82, 2.24) is 9.88 Å². The maximum absolute atomic E-state index is 13.2. The van der Waals surface area contributed by atoms with Gasteiger partial charge in [-0.2, -0.15) is 0 Å². The maximum Gasteiger partial charge on any atom is 0.255 e. The van der Waals surface area contributed by atoms with E-state index < -0.39 is 6.04 Å². The minimum absolute atomic E-state index is 0.0742. The Kier molecular flexibility index (Phi) is 6.07. The fourth-order valence-electron chi connectivity index (χ4n) is 3.97. The van der Waals surface area contributed by atoms with Crippen LogP contribution < -0.4 is 14.8 Å². The first kappa shape index (κ1) is 21.4. The summed E-state index contributed by atoms with van der Waals surface area (Å²) in [5, 5.41) is 2.85. The number of benzene rings is 2. The van der Waals surface area contributed by atoms with Crippen molar-refractivity contribution in [1.29, 1.82) is 0 Å². The lowest BCUT2D eigenvalue weighted by atomic mass is 10.0. The summed E-state index contributed by atoms with van der Waals surface area (Å²) in [6.45, 7) is 2.37. The molecular formula is C25H25N3O4. The number of methoxy groups -OCH3 is 2. The number of hydrogen-bond donors (Lipinski definition) is 1. The van der Waals surface area contributed by atoms with Crippen molar-refractivity contribution >= 4 is 17.6 Å². The van der Waals surface area contributed by atoms with Crippen LogP contribution in [0.2, 0.25) is 0 Å². The molecule has 0 fully saturated rings. The van der Waals surface area contributed by atoms with Crippen LogP contribution >= 0.6 is 0 Å². The first-order valence-electron chi connectivity index (χ1n) is 10.3. The molecule has 32 heavy (non-hydrogen) atoms. The number of amides is 2. The van der Waals surface area contributed by atoms with E-state index in [2.05, 4.69) is 10.3 Å². The van der Waals surface area contributed by atoms with Crippen molar-refractivity contribution in [3.05, 3.63) is 83.0 Å². The molecule has 0 bridgehead atoms. The second kappa shape index (κ2) is 9.09. The lowest BCUT2D eigenvalue weighted by Gasteiger charge is -2.28. The zero-order valence-electron chi connectivity index (χ0n) is 18.3. The van der Waals surface area contributed by atoms with E-state index in [4.69, 9.17) is 9.47 Å². The molecule has 1 aromatic heterocycles. The lowest BCUT2D eigenvalue weighted by Crippen LogP contribution is -2.32. The van der Waals surface area contributed by atoms with Crippen LogP contribution in [0, 0.1) is 6.92 Å². The molecule has 0 saturated heterocycles. The Morgan fingerprint density at radius 1 is 1.09 bits per heavy atom. The summed E-state index contributed by atoms with van der Waals surface area (Å²) >= 11 is 0. The van der Waals surface area contributed by atoms with E-state index >= 15 is 0 Å². The number of aromatic nitrogens is 1. The van der Waals surface area contributed by atoms with Crippen molar-refractivity contribution in [2.75, 3.05) is 19.5 Å². The summed E-state index contributed by atoms with van der Waals surface area (Å²) < 4.78 is 10.8. The molecule has 0 aliphatic carbocycles. The summed E-state index contributed by atoms with van der Waals surface area (Å²) in [6, 6.07) is 16.2. The number of rotatable bonds is 7. The fraction of sp³-hybridized carbons (Fsp3) is 0.240. The number of anilines is 1. The van der Waals surface area contributed by atoms with E-state index in [1.54, 1.807) is 37.4 Å². The highest BCUT2D eigenvalue weighted by molar-refractivity contribution is 5.99. The first-order chi connectivity index (χ1) is 15.5. The SMILES string of the molecule is COc1ccc(C(CC(=O)Nc2cc(C)ccn2)N2Cc3ccccc3C2=O)cc1OC. The Morgan fingerprint density at radius 3 is 2.59 bits per heavy atom. The van der Waals surface area contributed by atoms with Gasteiger partial charge in [-0.15, -0.1) is 0 Å². The average molecular weight is 431 g/mol. The Morgan fingerprint density at radius 2 is 1.88 bits per heavy atom. The van der Waals surface area contributed by atoms with Gasteiger partial charge in [-0.25, -0.2) is 4.98 Å². The molecule has 3 aromatic rings. The van der Waals surface area contributed by atoms with Gasteiger partial charge in [-0.05, 0) is 53.9 Å². The van der Waals surface area contributed by atoms with Crippen LogP contribution in [0.3, 0.4) is 0 Å². The number of hydrogen-bond acceptors (Lipinski definition) is 5. The molecule has 1 N–H and O–H groups in total. The molecule has 2 amide bonds. The maximum atomic E-state index is 13.2. The number of carbonyl (C=O) groups excluding carboxylic acids is 2. The van der Waals surface area contributed by atoms with Crippen molar-refractivity contribution in [3.8, 4) is 11.5 Å². The highest BCUT2D eigenvalue weighted by atomic mass is 16.5. The van der Waals surface area contributed by atoms with Crippen molar-refractivity contribution in [3.63, 3.8) is 0 Å². The van der Waals surface area contributed by atoms with E-state index in [-0.39, 0.29) is 18.2 Å². The molecule has 4 rings (SSSR count). The zero-order valence-corrected chi connectivity index (χ0v) is 18.3. The summed E-state index contributed by atoms with van der Waals surface area (Å²) in [4.78, 5) is 32.1. The number of nitrogens with zero attached hydrogens (tertiary/aromatic N) is 2. The lowest BCUT2D eigenvalue weighted by molar-refractivity contribution is -0.117. The van der Waals surface area contributed by atoms with Crippen molar-refractivity contribution in [2.24, 2.45) is 0 Å². The summed E-state index contributed by atoms with van der Waals surface area (Å²) in [6.07, 6.45) is 1.72. The molecule has 2 aromatic carbocycles. The molecule has 1 aliphatic heterocycles. The number of nitrogens with one attached hydrogen (secondary N) is 1. The molecular weight excluding hydrogens is 406 g/mol. The van der Waals surface area contributed by atoms with Crippen LogP contribution in [-0.2, 0) is 11.3 Å². The van der Waals surface area contributed by atoms with Crippen LogP contribution in [0.1, 0.15) is 39.5 Å².